The van der Waals surface area contributed by atoms with Crippen LogP contribution in [0.15, 0.2) is 115 Å². The van der Waals surface area contributed by atoms with Gasteiger partial charge in [0.25, 0.3) is 35.1 Å². The van der Waals surface area contributed by atoms with Crippen LogP contribution in [0.4, 0.5) is 0 Å². The van der Waals surface area contributed by atoms with Crippen molar-refractivity contribution in [3.05, 3.63) is 160 Å². The van der Waals surface area contributed by atoms with Gasteiger partial charge in [-0.15, -0.1) is 0 Å². The number of carboxylic acid groups (broad SMARTS) is 2. The normalized spacial score (nSPS) is 10.8. The molecule has 0 fully saturated rings. The molecule has 23 nitrogen and oxygen atoms in total. The summed E-state index contributed by atoms with van der Waals surface area (Å²) >= 11 is 3.37. The van der Waals surface area contributed by atoms with Crippen LogP contribution in [0.25, 0.3) is 32.7 Å². The van der Waals surface area contributed by atoms with Gasteiger partial charge in [0.2, 0.25) is 0 Å². The van der Waals surface area contributed by atoms with E-state index < -0.39 is 71.8 Å². The van der Waals surface area contributed by atoms with Gasteiger partial charge in [-0.2, -0.15) is 0 Å². The maximum Gasteiger partial charge on any atom is 0.344 e. The molecule has 0 bridgehead atoms. The number of primary amides is 3. The van der Waals surface area contributed by atoms with Crippen LogP contribution in [0.1, 0.15) is 94.9 Å². The Labute approximate surface area is 504 Å². The number of ketones is 3. The zero-order chi connectivity index (χ0) is 61.7. The molecule has 3 heterocycles. The fraction of sp³-hybridized carbons (Fsp3) is 0.274. The molecule has 456 valence electrons. The van der Waals surface area contributed by atoms with Gasteiger partial charge in [0.05, 0.1) is 68.2 Å². The van der Waals surface area contributed by atoms with E-state index in [0.29, 0.717) is 63.3 Å². The summed E-state index contributed by atoms with van der Waals surface area (Å²) in [6, 6.07) is 34.2. The van der Waals surface area contributed by atoms with E-state index in [0.717, 1.165) is 5.56 Å². The molecule has 0 atom stereocenters. The zero-order valence-corrected chi connectivity index (χ0v) is 48.4. The van der Waals surface area contributed by atoms with Crippen LogP contribution < -0.4 is 37.1 Å². The molecule has 8 rings (SSSR count). The summed E-state index contributed by atoms with van der Waals surface area (Å²) in [4.78, 5) is 111. The first kappa shape index (κ1) is 68.8. The molecule has 0 spiro atoms. The highest BCUT2D eigenvalue weighted by molar-refractivity contribution is 9.08. The SMILES string of the molecule is C.C.Cc1c(C(=O)C(N)=O)c2c(OCC(=O)O)cccc2n1CN(Cc1ccccc1)Cn1c(C)c(C(=O)C(N)=O)c2c(OCC(=O)O)cccc21.Cc1c(C(=O)C(N)=O)c2c(OCC(=O)OC(C)(C)C)cccc2n1CBr.NCc1ccccc1. The van der Waals surface area contributed by atoms with Crippen LogP contribution in [-0.2, 0) is 65.4 Å². The summed E-state index contributed by atoms with van der Waals surface area (Å²) in [7, 11) is 0. The van der Waals surface area contributed by atoms with Gasteiger partial charge in [0, 0.05) is 30.2 Å². The highest BCUT2D eigenvalue weighted by Crippen LogP contribution is 2.38. The van der Waals surface area contributed by atoms with Crippen molar-refractivity contribution in [3.63, 3.8) is 0 Å². The summed E-state index contributed by atoms with van der Waals surface area (Å²) in [5.41, 5.74) is 26.3. The molecular formula is C62H71BrN8O15. The number of nitrogens with zero attached hydrogens (tertiary/aromatic N) is 4. The predicted molar refractivity (Wildman–Crippen MR) is 327 cm³/mol. The van der Waals surface area contributed by atoms with Gasteiger partial charge >= 0.3 is 17.9 Å². The number of carboxylic acids is 2. The third kappa shape index (κ3) is 16.4. The number of esters is 1. The zero-order valence-electron chi connectivity index (χ0n) is 46.8. The number of fused-ring (bicyclic) bond motifs is 3. The molecule has 0 aliphatic heterocycles. The number of nitrogens with two attached hydrogens (primary N) is 4. The maximum absolute atomic E-state index is 13.2. The molecule has 0 radical (unpaired) electrons. The number of carbonyl (C=O) groups is 9. The minimum absolute atomic E-state index is 0. The summed E-state index contributed by atoms with van der Waals surface area (Å²) in [6.45, 7) is 9.66. The molecule has 24 heteroatoms. The number of hydrogen-bond donors (Lipinski definition) is 6. The lowest BCUT2D eigenvalue weighted by atomic mass is 10.1. The van der Waals surface area contributed by atoms with Crippen molar-refractivity contribution >= 4 is 102 Å². The van der Waals surface area contributed by atoms with Crippen LogP contribution in [0, 0.1) is 20.8 Å². The number of ether oxygens (including phenoxy) is 4. The second-order valence-corrected chi connectivity index (χ2v) is 20.3. The first-order valence-corrected chi connectivity index (χ1v) is 26.9. The Morgan fingerprint density at radius 1 is 0.500 bits per heavy atom. The molecule has 3 aromatic heterocycles. The van der Waals surface area contributed by atoms with E-state index in [1.54, 1.807) is 93.1 Å². The highest BCUT2D eigenvalue weighted by atomic mass is 79.9. The number of aromatic nitrogens is 3. The summed E-state index contributed by atoms with van der Waals surface area (Å²) in [5, 5.41) is 19.4. The van der Waals surface area contributed by atoms with Gasteiger partial charge < -0.3 is 65.8 Å². The van der Waals surface area contributed by atoms with Crippen LogP contribution in [0.5, 0.6) is 17.2 Å². The summed E-state index contributed by atoms with van der Waals surface area (Å²) in [6.07, 6.45) is 0. The fourth-order valence-corrected chi connectivity index (χ4v) is 9.99. The molecule has 0 aliphatic carbocycles. The van der Waals surface area contributed by atoms with Crippen molar-refractivity contribution in [1.29, 1.82) is 0 Å². The third-order valence-electron chi connectivity index (χ3n) is 12.9. The van der Waals surface area contributed by atoms with Gasteiger partial charge in [-0.05, 0) is 89.1 Å². The Bertz CT molecular complexity index is 3690. The van der Waals surface area contributed by atoms with Crippen LogP contribution in [0.2, 0.25) is 0 Å². The van der Waals surface area contributed by atoms with E-state index in [2.05, 4.69) is 15.9 Å². The van der Waals surface area contributed by atoms with Gasteiger partial charge in [-0.25, -0.2) is 14.4 Å². The van der Waals surface area contributed by atoms with Crippen LogP contribution in [0.3, 0.4) is 0 Å². The Morgan fingerprint density at radius 3 is 1.15 bits per heavy atom. The van der Waals surface area contributed by atoms with E-state index in [1.807, 2.05) is 70.1 Å². The number of rotatable bonds is 23. The van der Waals surface area contributed by atoms with Gasteiger partial charge in [-0.1, -0.05) is 110 Å². The van der Waals surface area contributed by atoms with E-state index in [4.69, 9.17) is 41.9 Å². The summed E-state index contributed by atoms with van der Waals surface area (Å²) < 4.78 is 27.2. The van der Waals surface area contributed by atoms with Crippen LogP contribution in [-0.4, -0.2) is 107 Å². The van der Waals surface area contributed by atoms with Crippen molar-refractivity contribution in [2.45, 2.75) is 93.9 Å². The Balaban J connectivity index is 0.000000365. The largest absolute Gasteiger partial charge is 0.481 e. The molecule has 10 N–H and O–H groups in total. The molecule has 8 aromatic rings. The molecular weight excluding hydrogens is 1180 g/mol. The number of halogens is 1. The van der Waals surface area contributed by atoms with Crippen molar-refractivity contribution in [2.24, 2.45) is 22.9 Å². The third-order valence-corrected chi connectivity index (χ3v) is 13.4. The van der Waals surface area contributed by atoms with E-state index >= 15 is 0 Å². The number of alkyl halides is 1. The average Bonchev–Trinajstić information content (AvgIpc) is 1.67. The lowest BCUT2D eigenvalue weighted by molar-refractivity contribution is -0.157. The summed E-state index contributed by atoms with van der Waals surface area (Å²) in [5.74, 6) is -8.80. The maximum atomic E-state index is 13.2. The molecule has 0 saturated carbocycles. The Morgan fingerprint density at radius 2 is 0.837 bits per heavy atom. The van der Waals surface area contributed by atoms with E-state index in [1.165, 1.54) is 17.7 Å². The minimum Gasteiger partial charge on any atom is -0.481 e. The highest BCUT2D eigenvalue weighted by Gasteiger charge is 2.31. The standard InChI is InChI=1S/C35H33N5O10.C18H21BrN2O5.C7H9N.2CH4/c1-19-28(32(45)34(36)47)30-22(10-6-12-24(30)49-15-26(41)42)39(19)17-38(14-21-8-4-3-5-9-21)18-40-20(2)29(33(46)35(37)48)31-23(40)11-7-13-25(31)50-16-27(43)44;1-10-14(16(23)17(20)24)15-11(21(10)9-19)6-5-7-12(15)25-8-13(22)26-18(2,3)4;8-6-7-4-2-1-3-5-7;;/h3-13H,14-18H2,1-2H3,(H2,36,47)(H2,37,48)(H,41,42)(H,43,44);5-7H,8-9H2,1-4H3,(H2,20,24);1-5H,6,8H2;2*1H4. The van der Waals surface area contributed by atoms with Crippen molar-refractivity contribution in [2.75, 3.05) is 19.8 Å². The lowest BCUT2D eigenvalue weighted by Gasteiger charge is -2.26. The lowest BCUT2D eigenvalue weighted by Crippen LogP contribution is -2.30. The number of Topliss-reactive ketones (excluding diaryl/α,β-unsaturated/α-hetero) is 3. The first-order valence-electron chi connectivity index (χ1n) is 25.8. The Kier molecular flexibility index (Phi) is 24.2. The van der Waals surface area contributed by atoms with E-state index in [9.17, 15) is 53.4 Å². The number of benzene rings is 5. The molecule has 3 amide bonds. The van der Waals surface area contributed by atoms with Gasteiger partial charge in [-0.3, -0.25) is 33.7 Å². The Hall–Kier alpha value is -9.65. The smallest absolute Gasteiger partial charge is 0.344 e. The molecule has 0 aliphatic rings. The van der Waals surface area contributed by atoms with Gasteiger partial charge in [0.15, 0.2) is 19.8 Å². The van der Waals surface area contributed by atoms with Crippen molar-refractivity contribution in [3.8, 4) is 17.2 Å². The van der Waals surface area contributed by atoms with Gasteiger partial charge in [0.1, 0.15) is 22.8 Å². The van der Waals surface area contributed by atoms with Crippen molar-refractivity contribution < 1.29 is 72.3 Å². The first-order chi connectivity index (χ1) is 39.8. The number of amides is 3. The van der Waals surface area contributed by atoms with E-state index in [-0.39, 0.29) is 73.8 Å². The van der Waals surface area contributed by atoms with Crippen LogP contribution >= 0.6 is 15.9 Å². The molecule has 0 saturated heterocycles. The predicted octanol–water partition coefficient (Wildman–Crippen LogP) is 7.70. The topological polar surface area (TPSA) is 353 Å². The second-order valence-electron chi connectivity index (χ2n) is 19.8. The quantitative estimate of drug-likeness (QED) is 0.0155. The number of aliphatic carboxylic acids is 2. The number of carbonyl (C=O) groups excluding carboxylic acids is 7. The fourth-order valence-electron chi connectivity index (χ4n) is 9.35. The molecule has 86 heavy (non-hydrogen) atoms. The second kappa shape index (κ2) is 30.2. The average molecular weight is 1250 g/mol. The molecule has 0 unspecified atom stereocenters. The number of hydrogen-bond acceptors (Lipinski definition) is 15. The monoisotopic (exact) mass is 1250 g/mol. The van der Waals surface area contributed by atoms with Crippen molar-refractivity contribution in [1.82, 2.24) is 18.6 Å². The molecule has 5 aromatic carbocycles. The minimum atomic E-state index is -1.24.